The Kier molecular flexibility index (Phi) is 2.93. The molecule has 0 aliphatic heterocycles. The summed E-state index contributed by atoms with van der Waals surface area (Å²) >= 11 is 0. The Labute approximate surface area is 60.5 Å². The van der Waals surface area contributed by atoms with Crippen LogP contribution in [-0.2, 0) is 11.7 Å². The molecule has 0 saturated heterocycles. The summed E-state index contributed by atoms with van der Waals surface area (Å²) in [5.41, 5.74) is 1.15. The summed E-state index contributed by atoms with van der Waals surface area (Å²) in [5.74, 6) is 0. The van der Waals surface area contributed by atoms with Crippen LogP contribution in [0, 0.1) is 0 Å². The van der Waals surface area contributed by atoms with E-state index in [1.54, 1.807) is 0 Å². The third-order valence-electron chi connectivity index (χ3n) is 1.27. The lowest BCUT2D eigenvalue weighted by Crippen LogP contribution is -2.12. The molecule has 0 heterocycles. The van der Waals surface area contributed by atoms with E-state index in [2.05, 4.69) is 5.32 Å². The van der Waals surface area contributed by atoms with Crippen LogP contribution in [0.4, 0.5) is 0 Å². The third kappa shape index (κ3) is 2.17. The van der Waals surface area contributed by atoms with Crippen LogP contribution in [0.1, 0.15) is 5.56 Å². The van der Waals surface area contributed by atoms with Gasteiger partial charge in [-0.05, 0) is 5.56 Å². The van der Waals surface area contributed by atoms with Crippen molar-refractivity contribution >= 4 is 0 Å². The van der Waals surface area contributed by atoms with Gasteiger partial charge in [-0.2, -0.15) is 0 Å². The van der Waals surface area contributed by atoms with E-state index in [1.807, 2.05) is 30.3 Å². The first-order chi connectivity index (χ1) is 4.93. The van der Waals surface area contributed by atoms with Crippen LogP contribution in [0.25, 0.3) is 0 Å². The summed E-state index contributed by atoms with van der Waals surface area (Å²) in [4.78, 5) is 0. The van der Waals surface area contributed by atoms with E-state index in [4.69, 9.17) is 0 Å². The summed E-state index contributed by atoms with van der Waals surface area (Å²) in [7, 11) is 0. The smallest absolute Gasteiger partial charge is 0.133 e. The van der Waals surface area contributed by atoms with Crippen LogP contribution in [0.3, 0.4) is 0 Å². The maximum absolute atomic E-state index is 9.99. The van der Waals surface area contributed by atoms with Gasteiger partial charge in [0.25, 0.3) is 0 Å². The highest BCUT2D eigenvalue weighted by Gasteiger charge is 1.86. The van der Waals surface area contributed by atoms with E-state index in [-0.39, 0.29) is 6.73 Å². The van der Waals surface area contributed by atoms with Gasteiger partial charge in [0.2, 0.25) is 0 Å². The Bertz CT molecular complexity index is 174. The van der Waals surface area contributed by atoms with E-state index in [0.29, 0.717) is 6.54 Å². The van der Waals surface area contributed by atoms with Gasteiger partial charge in [0.15, 0.2) is 0 Å². The number of rotatable bonds is 3. The molecule has 1 N–H and O–H groups in total. The fourth-order valence-electron chi connectivity index (χ4n) is 0.791. The molecular weight excluding hydrogens is 126 g/mol. The lowest BCUT2D eigenvalue weighted by atomic mass is 10.2. The van der Waals surface area contributed by atoms with Gasteiger partial charge < -0.3 is 0 Å². The van der Waals surface area contributed by atoms with Crippen molar-refractivity contribution in [2.75, 3.05) is 6.73 Å². The van der Waals surface area contributed by atoms with E-state index < -0.39 is 0 Å². The highest BCUT2D eigenvalue weighted by atomic mass is 16.3. The van der Waals surface area contributed by atoms with Crippen molar-refractivity contribution in [3.05, 3.63) is 35.9 Å². The van der Waals surface area contributed by atoms with Crippen LogP contribution in [0.5, 0.6) is 0 Å². The molecule has 1 aromatic rings. The van der Waals surface area contributed by atoms with Crippen molar-refractivity contribution in [3.63, 3.8) is 0 Å². The lowest BCUT2D eigenvalue weighted by molar-refractivity contribution is 0.166. The molecular formula is C8H10NO. The van der Waals surface area contributed by atoms with Gasteiger partial charge in [-0.1, -0.05) is 30.3 Å². The van der Waals surface area contributed by atoms with Gasteiger partial charge in [-0.3, -0.25) is 5.32 Å². The van der Waals surface area contributed by atoms with Crippen molar-refractivity contribution in [2.45, 2.75) is 6.54 Å². The summed E-state index contributed by atoms with van der Waals surface area (Å²) in [6.45, 7) is 0.458. The molecule has 2 nitrogen and oxygen atoms in total. The van der Waals surface area contributed by atoms with Crippen LogP contribution < -0.4 is 5.32 Å². The minimum absolute atomic E-state index is 0.213. The van der Waals surface area contributed by atoms with E-state index in [1.165, 1.54) is 0 Å². The Balaban J connectivity index is 2.43. The van der Waals surface area contributed by atoms with Crippen molar-refractivity contribution in [2.24, 2.45) is 0 Å². The average Bonchev–Trinajstić information content (AvgIpc) is 2.03. The summed E-state index contributed by atoms with van der Waals surface area (Å²) in [6.07, 6.45) is 0. The molecule has 2 heteroatoms. The SMILES string of the molecule is [O]CNCc1ccccc1. The van der Waals surface area contributed by atoms with E-state index >= 15 is 0 Å². The highest BCUT2D eigenvalue weighted by Crippen LogP contribution is 1.95. The van der Waals surface area contributed by atoms with Crippen LogP contribution in [-0.4, -0.2) is 6.73 Å². The molecule has 0 aliphatic rings. The van der Waals surface area contributed by atoms with E-state index in [0.717, 1.165) is 5.56 Å². The molecule has 0 bridgehead atoms. The predicted molar refractivity (Wildman–Crippen MR) is 38.8 cm³/mol. The molecule has 0 fully saturated rings. The Morgan fingerprint density at radius 2 is 1.90 bits per heavy atom. The molecule has 0 unspecified atom stereocenters. The number of benzene rings is 1. The Morgan fingerprint density at radius 3 is 2.50 bits per heavy atom. The predicted octanol–water partition coefficient (Wildman–Crippen LogP) is 1.16. The summed E-state index contributed by atoms with van der Waals surface area (Å²) < 4.78 is 0. The molecule has 0 spiro atoms. The molecule has 1 rings (SSSR count). The third-order valence-corrected chi connectivity index (χ3v) is 1.27. The summed E-state index contributed by atoms with van der Waals surface area (Å²) in [5, 5.41) is 12.7. The first kappa shape index (κ1) is 7.25. The maximum Gasteiger partial charge on any atom is 0.133 e. The van der Waals surface area contributed by atoms with Crippen molar-refractivity contribution in [1.29, 1.82) is 0 Å². The van der Waals surface area contributed by atoms with Gasteiger partial charge in [-0.25, -0.2) is 5.11 Å². The van der Waals surface area contributed by atoms with Crippen LogP contribution in [0.2, 0.25) is 0 Å². The molecule has 0 atom stereocenters. The minimum Gasteiger partial charge on any atom is -0.288 e. The molecule has 0 aromatic heterocycles. The van der Waals surface area contributed by atoms with E-state index in [9.17, 15) is 5.11 Å². The van der Waals surface area contributed by atoms with Gasteiger partial charge in [0.1, 0.15) is 6.73 Å². The molecule has 0 amide bonds. The van der Waals surface area contributed by atoms with Gasteiger partial charge in [0.05, 0.1) is 0 Å². The van der Waals surface area contributed by atoms with Gasteiger partial charge in [-0.15, -0.1) is 0 Å². The molecule has 0 aliphatic carbocycles. The maximum atomic E-state index is 9.99. The zero-order valence-electron chi connectivity index (χ0n) is 5.71. The van der Waals surface area contributed by atoms with Crippen LogP contribution >= 0.6 is 0 Å². The van der Waals surface area contributed by atoms with Crippen molar-refractivity contribution in [3.8, 4) is 0 Å². The van der Waals surface area contributed by atoms with Crippen molar-refractivity contribution < 1.29 is 5.11 Å². The number of hydrogen-bond donors (Lipinski definition) is 1. The first-order valence-electron chi connectivity index (χ1n) is 3.26. The highest BCUT2D eigenvalue weighted by molar-refractivity contribution is 5.13. The molecule has 10 heavy (non-hydrogen) atoms. The lowest BCUT2D eigenvalue weighted by Gasteiger charge is -1.97. The normalized spacial score (nSPS) is 9.70. The standard InChI is InChI=1S/C8H10NO/c10-7-9-6-8-4-2-1-3-5-8/h1-5,9H,6-7H2. The number of nitrogens with one attached hydrogen (secondary N) is 1. The quantitative estimate of drug-likeness (QED) is 0.621. The van der Waals surface area contributed by atoms with Crippen LogP contribution in [0.15, 0.2) is 30.3 Å². The second-order valence-corrected chi connectivity index (χ2v) is 2.06. The van der Waals surface area contributed by atoms with Gasteiger partial charge in [0, 0.05) is 6.54 Å². The second kappa shape index (κ2) is 4.04. The second-order valence-electron chi connectivity index (χ2n) is 2.06. The fraction of sp³-hybridized carbons (Fsp3) is 0.250. The van der Waals surface area contributed by atoms with Crippen molar-refractivity contribution in [1.82, 2.24) is 5.32 Å². The minimum atomic E-state index is -0.213. The van der Waals surface area contributed by atoms with Gasteiger partial charge >= 0.3 is 0 Å². The Morgan fingerprint density at radius 1 is 1.20 bits per heavy atom. The molecule has 1 aromatic carbocycles. The zero-order chi connectivity index (χ0) is 7.23. The average molecular weight is 136 g/mol. The molecule has 0 saturated carbocycles. The number of hydrogen-bond acceptors (Lipinski definition) is 1. The Hall–Kier alpha value is -0.860. The summed E-state index contributed by atoms with van der Waals surface area (Å²) in [6, 6.07) is 9.86. The zero-order valence-corrected chi connectivity index (χ0v) is 5.71. The monoisotopic (exact) mass is 136 g/mol. The first-order valence-corrected chi connectivity index (χ1v) is 3.26. The fourth-order valence-corrected chi connectivity index (χ4v) is 0.791. The topological polar surface area (TPSA) is 31.9 Å². The largest absolute Gasteiger partial charge is 0.288 e. The molecule has 1 radical (unpaired) electrons. The molecule has 53 valence electrons.